The Balaban J connectivity index is 1.51. The van der Waals surface area contributed by atoms with Crippen LogP contribution in [0.4, 0.5) is 0 Å². The second-order valence-corrected chi connectivity index (χ2v) is 13.1. The minimum absolute atomic E-state index is 0.183. The largest absolute Gasteiger partial charge is 0.487 e. The van der Waals surface area contributed by atoms with E-state index >= 15 is 0 Å². The number of pyridine rings is 1. The van der Waals surface area contributed by atoms with Gasteiger partial charge in [-0.25, -0.2) is 4.68 Å². The van der Waals surface area contributed by atoms with Crippen molar-refractivity contribution in [1.29, 1.82) is 0 Å². The highest BCUT2D eigenvalue weighted by molar-refractivity contribution is 7.86. The van der Waals surface area contributed by atoms with Crippen molar-refractivity contribution < 1.29 is 39.4 Å². The van der Waals surface area contributed by atoms with Crippen LogP contribution in [0.3, 0.4) is 0 Å². The van der Waals surface area contributed by atoms with E-state index in [2.05, 4.69) is 4.98 Å². The molecule has 0 spiro atoms. The number of nitrogens with zero attached hydrogens (tertiary/aromatic N) is 3. The molecular formula is C26H35N3O9S2. The topological polar surface area (TPSA) is 145 Å². The summed E-state index contributed by atoms with van der Waals surface area (Å²) in [5.41, 5.74) is 2.04. The summed E-state index contributed by atoms with van der Waals surface area (Å²) in [6, 6.07) is 6.83. The Labute approximate surface area is 234 Å². The van der Waals surface area contributed by atoms with Crippen LogP contribution in [0.2, 0.25) is 0 Å². The molecule has 2 aromatic heterocycles. The van der Waals surface area contributed by atoms with Crippen LogP contribution in [0, 0.1) is 0 Å². The maximum Gasteiger partial charge on any atom is 0.306 e. The van der Waals surface area contributed by atoms with Gasteiger partial charge in [0.1, 0.15) is 23.3 Å². The lowest BCUT2D eigenvalue weighted by Crippen LogP contribution is -2.21. The first-order valence-electron chi connectivity index (χ1n) is 13.0. The molecule has 0 radical (unpaired) electrons. The molecule has 0 bridgehead atoms. The molecule has 3 atom stereocenters. The van der Waals surface area contributed by atoms with Gasteiger partial charge in [-0.15, -0.1) is 0 Å². The van der Waals surface area contributed by atoms with Gasteiger partial charge in [0.25, 0.3) is 10.1 Å². The van der Waals surface area contributed by atoms with Crippen LogP contribution < -0.4 is 8.92 Å². The molecule has 1 saturated heterocycles. The SMILES string of the molecule is C[C@H](CCOC[C@H](C)Oc1cncc(-c2nn([C@H]3CCCCO3)c3ccc(OS(C)(=O)=O)cc23)c1)OS(C)(=O)=O. The average Bonchev–Trinajstić information content (AvgIpc) is 3.24. The summed E-state index contributed by atoms with van der Waals surface area (Å²) in [4.78, 5) is 4.33. The molecule has 12 nitrogen and oxygen atoms in total. The first-order valence-corrected chi connectivity index (χ1v) is 16.6. The summed E-state index contributed by atoms with van der Waals surface area (Å²) in [6.45, 7) is 4.75. The standard InChI is InChI=1S/C26H35N3O9S2/c1-18(37-39(3,30)31)10-12-34-17-19(2)36-22-13-20(15-27-16-22)26-23-14-21(38-40(4,32)33)8-9-24(23)29(28-26)25-7-5-6-11-35-25/h8-9,13-16,18-19,25H,5-7,10-12,17H2,1-4H3/t18-,19+,25-/m1/s1. The number of aromatic nitrogens is 3. The molecule has 40 heavy (non-hydrogen) atoms. The van der Waals surface area contributed by atoms with Gasteiger partial charge in [-0.3, -0.25) is 9.17 Å². The molecule has 0 N–H and O–H groups in total. The molecule has 1 fully saturated rings. The van der Waals surface area contributed by atoms with Crippen LogP contribution >= 0.6 is 0 Å². The highest BCUT2D eigenvalue weighted by Crippen LogP contribution is 2.35. The van der Waals surface area contributed by atoms with E-state index in [1.807, 2.05) is 17.7 Å². The zero-order chi connectivity index (χ0) is 28.9. The predicted octanol–water partition coefficient (Wildman–Crippen LogP) is 3.67. The third-order valence-corrected chi connectivity index (χ3v) is 7.21. The van der Waals surface area contributed by atoms with Gasteiger partial charge in [0.15, 0.2) is 6.23 Å². The fourth-order valence-corrected chi connectivity index (χ4v) is 5.57. The molecule has 0 amide bonds. The zero-order valence-corrected chi connectivity index (χ0v) is 24.6. The second kappa shape index (κ2) is 12.8. The fraction of sp³-hybridized carbons (Fsp3) is 0.538. The molecule has 3 heterocycles. The summed E-state index contributed by atoms with van der Waals surface area (Å²) in [6.07, 6.45) is 7.47. The summed E-state index contributed by atoms with van der Waals surface area (Å²) < 4.78 is 75.4. The number of hydrogen-bond acceptors (Lipinski definition) is 11. The van der Waals surface area contributed by atoms with E-state index in [0.717, 1.165) is 37.3 Å². The minimum Gasteiger partial charge on any atom is -0.487 e. The Kier molecular flexibility index (Phi) is 9.67. The molecule has 0 aliphatic carbocycles. The van der Waals surface area contributed by atoms with Crippen LogP contribution in [-0.4, -0.2) is 76.1 Å². The van der Waals surface area contributed by atoms with Crippen LogP contribution in [-0.2, 0) is 33.9 Å². The highest BCUT2D eigenvalue weighted by Gasteiger charge is 2.23. The Hall–Kier alpha value is -2.78. The molecule has 0 saturated carbocycles. The molecule has 220 valence electrons. The van der Waals surface area contributed by atoms with Gasteiger partial charge in [-0.2, -0.15) is 21.9 Å². The lowest BCUT2D eigenvalue weighted by molar-refractivity contribution is -0.0365. The maximum absolute atomic E-state index is 11.7. The summed E-state index contributed by atoms with van der Waals surface area (Å²) in [5.74, 6) is 0.685. The predicted molar refractivity (Wildman–Crippen MR) is 148 cm³/mol. The molecule has 1 aliphatic heterocycles. The lowest BCUT2D eigenvalue weighted by atomic mass is 10.1. The number of ether oxygens (including phenoxy) is 3. The van der Waals surface area contributed by atoms with E-state index in [-0.39, 0.29) is 24.7 Å². The third-order valence-electron chi connectivity index (χ3n) is 6.04. The first-order chi connectivity index (χ1) is 18.9. The van der Waals surface area contributed by atoms with E-state index in [1.165, 1.54) is 0 Å². The van der Waals surface area contributed by atoms with Crippen molar-refractivity contribution in [2.24, 2.45) is 0 Å². The van der Waals surface area contributed by atoms with Gasteiger partial charge < -0.3 is 18.4 Å². The summed E-state index contributed by atoms with van der Waals surface area (Å²) in [5, 5.41) is 5.55. The second-order valence-electron chi connectivity index (χ2n) is 9.89. The monoisotopic (exact) mass is 597 g/mol. The van der Waals surface area contributed by atoms with Gasteiger partial charge >= 0.3 is 10.1 Å². The van der Waals surface area contributed by atoms with Crippen molar-refractivity contribution in [3.63, 3.8) is 0 Å². The Morgan fingerprint density at radius 1 is 1.02 bits per heavy atom. The normalized spacial score (nSPS) is 17.9. The van der Waals surface area contributed by atoms with Crippen LogP contribution in [0.1, 0.15) is 45.8 Å². The summed E-state index contributed by atoms with van der Waals surface area (Å²) in [7, 11) is -7.22. The molecule has 1 aliphatic rings. The van der Waals surface area contributed by atoms with E-state index < -0.39 is 26.3 Å². The quantitative estimate of drug-likeness (QED) is 0.210. The number of hydrogen-bond donors (Lipinski definition) is 0. The highest BCUT2D eigenvalue weighted by atomic mass is 32.2. The maximum atomic E-state index is 11.7. The smallest absolute Gasteiger partial charge is 0.306 e. The van der Waals surface area contributed by atoms with Crippen LogP contribution in [0.15, 0.2) is 36.7 Å². The molecule has 0 unspecified atom stereocenters. The number of benzene rings is 1. The minimum atomic E-state index is -3.71. The Morgan fingerprint density at radius 2 is 1.82 bits per heavy atom. The van der Waals surface area contributed by atoms with Gasteiger partial charge in [0.05, 0.1) is 36.9 Å². The van der Waals surface area contributed by atoms with Crippen LogP contribution in [0.5, 0.6) is 11.5 Å². The van der Waals surface area contributed by atoms with Gasteiger partial charge in [-0.05, 0) is 63.8 Å². The lowest BCUT2D eigenvalue weighted by Gasteiger charge is -2.23. The van der Waals surface area contributed by atoms with Gasteiger partial charge in [-0.1, -0.05) is 0 Å². The van der Waals surface area contributed by atoms with Crippen LogP contribution in [0.25, 0.3) is 22.2 Å². The van der Waals surface area contributed by atoms with Crippen molar-refractivity contribution >= 4 is 31.1 Å². The Bertz CT molecular complexity index is 1520. The van der Waals surface area contributed by atoms with E-state index in [9.17, 15) is 16.8 Å². The summed E-state index contributed by atoms with van der Waals surface area (Å²) >= 11 is 0. The first kappa shape index (κ1) is 30.2. The number of rotatable bonds is 13. The average molecular weight is 598 g/mol. The molecule has 4 rings (SSSR count). The third kappa shape index (κ3) is 8.61. The van der Waals surface area contributed by atoms with Gasteiger partial charge in [0.2, 0.25) is 0 Å². The molecular weight excluding hydrogens is 562 g/mol. The van der Waals surface area contributed by atoms with E-state index in [1.54, 1.807) is 37.5 Å². The molecule has 3 aromatic rings. The van der Waals surface area contributed by atoms with Crippen molar-refractivity contribution in [3.8, 4) is 22.8 Å². The molecule has 1 aromatic carbocycles. The van der Waals surface area contributed by atoms with Crippen molar-refractivity contribution in [2.45, 2.75) is 58.0 Å². The van der Waals surface area contributed by atoms with Crippen molar-refractivity contribution in [3.05, 3.63) is 36.7 Å². The van der Waals surface area contributed by atoms with E-state index in [4.69, 9.17) is 27.7 Å². The van der Waals surface area contributed by atoms with Gasteiger partial charge in [0, 0.05) is 30.4 Å². The fourth-order valence-electron chi connectivity index (χ4n) is 4.42. The Morgan fingerprint density at radius 3 is 2.52 bits per heavy atom. The van der Waals surface area contributed by atoms with Crippen molar-refractivity contribution in [2.75, 3.05) is 32.3 Å². The van der Waals surface area contributed by atoms with Crippen molar-refractivity contribution in [1.82, 2.24) is 14.8 Å². The van der Waals surface area contributed by atoms with E-state index in [0.29, 0.717) is 42.0 Å². The molecule has 14 heteroatoms. The zero-order valence-electron chi connectivity index (χ0n) is 23.0. The number of fused-ring (bicyclic) bond motifs is 1.